The average molecular weight is 478 g/mol. The SMILES string of the molecule is Cc1ccnc(Nc2cc(NCCNC(=O)c3c(-c4ccccc4Cl)noc3C)nc(C)n2)c1. The van der Waals surface area contributed by atoms with Crippen molar-refractivity contribution in [3.63, 3.8) is 0 Å². The Morgan fingerprint density at radius 3 is 2.59 bits per heavy atom. The van der Waals surface area contributed by atoms with E-state index in [9.17, 15) is 4.79 Å². The molecule has 0 aliphatic rings. The average Bonchev–Trinajstić information content (AvgIpc) is 3.18. The normalized spacial score (nSPS) is 10.7. The zero-order valence-electron chi connectivity index (χ0n) is 19.0. The van der Waals surface area contributed by atoms with Gasteiger partial charge in [-0.05, 0) is 44.5 Å². The van der Waals surface area contributed by atoms with Gasteiger partial charge in [0.05, 0.1) is 5.02 Å². The molecule has 1 aromatic carbocycles. The van der Waals surface area contributed by atoms with Crippen LogP contribution in [0, 0.1) is 20.8 Å². The number of rotatable bonds is 8. The highest BCUT2D eigenvalue weighted by atomic mass is 35.5. The summed E-state index contributed by atoms with van der Waals surface area (Å²) in [6.07, 6.45) is 1.74. The van der Waals surface area contributed by atoms with Gasteiger partial charge in [0.2, 0.25) is 0 Å². The molecule has 3 N–H and O–H groups in total. The molecule has 0 unspecified atom stereocenters. The molecule has 0 radical (unpaired) electrons. The Hall–Kier alpha value is -3.98. The molecule has 0 fully saturated rings. The summed E-state index contributed by atoms with van der Waals surface area (Å²) in [5.41, 5.74) is 2.52. The minimum absolute atomic E-state index is 0.290. The number of aromatic nitrogens is 4. The molecule has 0 saturated carbocycles. The van der Waals surface area contributed by atoms with Crippen LogP contribution in [0.4, 0.5) is 17.5 Å². The van der Waals surface area contributed by atoms with Crippen LogP contribution in [0.2, 0.25) is 5.02 Å². The van der Waals surface area contributed by atoms with Crippen LogP contribution in [0.5, 0.6) is 0 Å². The molecule has 0 bridgehead atoms. The third kappa shape index (κ3) is 5.49. The zero-order chi connectivity index (χ0) is 24.1. The maximum Gasteiger partial charge on any atom is 0.257 e. The molecule has 3 heterocycles. The van der Waals surface area contributed by atoms with Gasteiger partial charge in [0.15, 0.2) is 0 Å². The number of benzene rings is 1. The van der Waals surface area contributed by atoms with E-state index in [2.05, 4.69) is 36.1 Å². The summed E-state index contributed by atoms with van der Waals surface area (Å²) in [6, 6.07) is 12.8. The molecule has 0 atom stereocenters. The number of aryl methyl sites for hydroxylation is 3. The highest BCUT2D eigenvalue weighted by molar-refractivity contribution is 6.33. The van der Waals surface area contributed by atoms with Crippen molar-refractivity contribution in [2.24, 2.45) is 0 Å². The van der Waals surface area contributed by atoms with Crippen LogP contribution < -0.4 is 16.0 Å². The number of nitrogens with one attached hydrogen (secondary N) is 3. The van der Waals surface area contributed by atoms with E-state index >= 15 is 0 Å². The van der Waals surface area contributed by atoms with Crippen LogP contribution in [0.25, 0.3) is 11.3 Å². The Kier molecular flexibility index (Phi) is 7.03. The minimum Gasteiger partial charge on any atom is -0.368 e. The van der Waals surface area contributed by atoms with Gasteiger partial charge < -0.3 is 20.5 Å². The van der Waals surface area contributed by atoms with E-state index in [4.69, 9.17) is 16.1 Å². The van der Waals surface area contributed by atoms with Crippen molar-refractivity contribution in [2.75, 3.05) is 23.7 Å². The lowest BCUT2D eigenvalue weighted by Crippen LogP contribution is -2.29. The third-order valence-electron chi connectivity index (χ3n) is 4.94. The van der Waals surface area contributed by atoms with Gasteiger partial charge in [0.1, 0.15) is 40.3 Å². The number of carbonyl (C=O) groups excluding carboxylic acids is 1. The predicted molar refractivity (Wildman–Crippen MR) is 132 cm³/mol. The summed E-state index contributed by atoms with van der Waals surface area (Å²) in [6.45, 7) is 6.32. The third-order valence-corrected chi connectivity index (χ3v) is 5.27. The Morgan fingerprint density at radius 2 is 1.79 bits per heavy atom. The first-order valence-corrected chi connectivity index (χ1v) is 11.1. The van der Waals surface area contributed by atoms with Crippen LogP contribution in [0.3, 0.4) is 0 Å². The number of nitrogens with zero attached hydrogens (tertiary/aromatic N) is 4. The van der Waals surface area contributed by atoms with Gasteiger partial charge in [-0.3, -0.25) is 4.79 Å². The molecule has 1 amide bonds. The van der Waals surface area contributed by atoms with E-state index in [-0.39, 0.29) is 5.91 Å². The molecule has 4 aromatic rings. The van der Waals surface area contributed by atoms with Crippen molar-refractivity contribution in [3.05, 3.63) is 76.4 Å². The molecule has 174 valence electrons. The first-order chi connectivity index (χ1) is 16.4. The van der Waals surface area contributed by atoms with Crippen molar-refractivity contribution >= 4 is 35.0 Å². The lowest BCUT2D eigenvalue weighted by Gasteiger charge is -2.11. The van der Waals surface area contributed by atoms with E-state index in [1.165, 1.54) is 0 Å². The van der Waals surface area contributed by atoms with Gasteiger partial charge in [0.25, 0.3) is 5.91 Å². The van der Waals surface area contributed by atoms with E-state index in [0.717, 1.165) is 5.56 Å². The van der Waals surface area contributed by atoms with Crippen LogP contribution >= 0.6 is 11.6 Å². The van der Waals surface area contributed by atoms with Crippen molar-refractivity contribution in [3.8, 4) is 11.3 Å². The van der Waals surface area contributed by atoms with Crippen molar-refractivity contribution in [1.82, 2.24) is 25.4 Å². The first kappa shape index (κ1) is 23.2. The van der Waals surface area contributed by atoms with Gasteiger partial charge >= 0.3 is 0 Å². The monoisotopic (exact) mass is 477 g/mol. The summed E-state index contributed by atoms with van der Waals surface area (Å²) in [5.74, 6) is 2.70. The van der Waals surface area contributed by atoms with Crippen LogP contribution in [-0.4, -0.2) is 39.1 Å². The van der Waals surface area contributed by atoms with Crippen LogP contribution in [0.1, 0.15) is 27.5 Å². The Balaban J connectivity index is 1.37. The summed E-state index contributed by atoms with van der Waals surface area (Å²) < 4.78 is 5.27. The maximum absolute atomic E-state index is 12.9. The second-order valence-corrected chi connectivity index (χ2v) is 8.06. The number of amides is 1. The molecule has 0 saturated heterocycles. The van der Waals surface area contributed by atoms with E-state index in [1.807, 2.05) is 38.1 Å². The molecule has 34 heavy (non-hydrogen) atoms. The Labute approximate surface area is 202 Å². The van der Waals surface area contributed by atoms with E-state index in [0.29, 0.717) is 64.0 Å². The summed E-state index contributed by atoms with van der Waals surface area (Å²) in [5, 5.41) is 13.8. The summed E-state index contributed by atoms with van der Waals surface area (Å²) in [4.78, 5) is 26.0. The van der Waals surface area contributed by atoms with Crippen LogP contribution in [-0.2, 0) is 0 Å². The molecule has 0 spiro atoms. The topological polar surface area (TPSA) is 118 Å². The number of anilines is 3. The second-order valence-electron chi connectivity index (χ2n) is 7.65. The lowest BCUT2D eigenvalue weighted by atomic mass is 10.1. The lowest BCUT2D eigenvalue weighted by molar-refractivity contribution is 0.0954. The van der Waals surface area contributed by atoms with Gasteiger partial charge in [-0.25, -0.2) is 15.0 Å². The number of carbonyl (C=O) groups is 1. The standard InChI is InChI=1S/C24H24ClN7O2/c1-14-8-9-26-19(12-14)31-21-13-20(29-16(3)30-21)27-10-11-28-24(33)22-15(2)34-32-23(22)17-6-4-5-7-18(17)25/h4-9,12-13H,10-11H2,1-3H3,(H,28,33)(H2,26,27,29,30,31). The molecule has 10 heteroatoms. The molecular formula is C24H24ClN7O2. The summed E-state index contributed by atoms with van der Waals surface area (Å²) in [7, 11) is 0. The number of hydrogen-bond donors (Lipinski definition) is 3. The van der Waals surface area contributed by atoms with Crippen molar-refractivity contribution in [2.45, 2.75) is 20.8 Å². The number of halogens is 1. The van der Waals surface area contributed by atoms with Gasteiger partial charge in [0, 0.05) is 30.9 Å². The second kappa shape index (κ2) is 10.3. The fourth-order valence-corrected chi connectivity index (χ4v) is 3.61. The Bertz CT molecular complexity index is 1320. The maximum atomic E-state index is 12.9. The van der Waals surface area contributed by atoms with Crippen molar-refractivity contribution < 1.29 is 9.32 Å². The van der Waals surface area contributed by atoms with Gasteiger partial charge in [-0.2, -0.15) is 0 Å². The first-order valence-electron chi connectivity index (χ1n) is 10.7. The van der Waals surface area contributed by atoms with Crippen LogP contribution in [0.15, 0.2) is 53.2 Å². The molecule has 0 aliphatic heterocycles. The molecule has 3 aromatic heterocycles. The predicted octanol–water partition coefficient (Wildman–Crippen LogP) is 4.69. The van der Waals surface area contributed by atoms with E-state index < -0.39 is 0 Å². The highest BCUT2D eigenvalue weighted by Gasteiger charge is 2.22. The quantitative estimate of drug-likeness (QED) is 0.313. The molecule has 4 rings (SSSR count). The molecule has 9 nitrogen and oxygen atoms in total. The van der Waals surface area contributed by atoms with Crippen molar-refractivity contribution in [1.29, 1.82) is 0 Å². The fourth-order valence-electron chi connectivity index (χ4n) is 3.39. The van der Waals surface area contributed by atoms with E-state index in [1.54, 1.807) is 31.3 Å². The molecular weight excluding hydrogens is 454 g/mol. The van der Waals surface area contributed by atoms with Gasteiger partial charge in [-0.1, -0.05) is 35.0 Å². The van der Waals surface area contributed by atoms with Gasteiger partial charge in [-0.15, -0.1) is 0 Å². The number of hydrogen-bond acceptors (Lipinski definition) is 8. The summed E-state index contributed by atoms with van der Waals surface area (Å²) >= 11 is 6.28. The minimum atomic E-state index is -0.290. The molecule has 0 aliphatic carbocycles. The highest BCUT2D eigenvalue weighted by Crippen LogP contribution is 2.30. The zero-order valence-corrected chi connectivity index (χ0v) is 19.8. The smallest absolute Gasteiger partial charge is 0.257 e. The fraction of sp³-hybridized carbons (Fsp3) is 0.208. The largest absolute Gasteiger partial charge is 0.368 e. The number of pyridine rings is 1. The Morgan fingerprint density at radius 1 is 1.00 bits per heavy atom.